The predicted molar refractivity (Wildman–Crippen MR) is 81.5 cm³/mol. The second-order valence-electron chi connectivity index (χ2n) is 3.77. The van der Waals surface area contributed by atoms with Crippen LogP contribution in [0.4, 0.5) is 11.6 Å². The van der Waals surface area contributed by atoms with Gasteiger partial charge in [-0.3, -0.25) is 20.4 Å². The molecule has 8 nitrogen and oxygen atoms in total. The number of nitrogens with one attached hydrogen (secondary N) is 2. The summed E-state index contributed by atoms with van der Waals surface area (Å²) in [5.41, 5.74) is 15.6. The largest absolute Gasteiger partial charge is 0.383 e. The van der Waals surface area contributed by atoms with Gasteiger partial charge in [-0.25, -0.2) is 9.97 Å². The van der Waals surface area contributed by atoms with Gasteiger partial charge in [0.1, 0.15) is 11.6 Å². The molecular weight excluding hydrogens is 312 g/mol. The first-order valence-electron chi connectivity index (χ1n) is 5.70. The standard InChI is InChI=1S/C11H12N6O2S2/c12-7-4-8(13)15-11(14-7)21-5-9(18)16-17-10(19)6-2-1-3-20-6/h1-4H,5H2,(H,16,18)(H,17,19)(H4,12,13,14,15). The van der Waals surface area contributed by atoms with Gasteiger partial charge >= 0.3 is 0 Å². The zero-order chi connectivity index (χ0) is 15.2. The molecule has 0 aliphatic heterocycles. The second-order valence-corrected chi connectivity index (χ2v) is 5.66. The third kappa shape index (κ3) is 4.61. The van der Waals surface area contributed by atoms with Gasteiger partial charge in [0.2, 0.25) is 5.91 Å². The Morgan fingerprint density at radius 1 is 1.24 bits per heavy atom. The van der Waals surface area contributed by atoms with Crippen molar-refractivity contribution in [3.05, 3.63) is 28.5 Å². The molecule has 110 valence electrons. The van der Waals surface area contributed by atoms with E-state index in [4.69, 9.17) is 11.5 Å². The summed E-state index contributed by atoms with van der Waals surface area (Å²) in [6.07, 6.45) is 0. The van der Waals surface area contributed by atoms with Crippen LogP contribution in [0, 0.1) is 0 Å². The summed E-state index contributed by atoms with van der Waals surface area (Å²) in [4.78, 5) is 31.6. The van der Waals surface area contributed by atoms with E-state index in [2.05, 4.69) is 20.8 Å². The summed E-state index contributed by atoms with van der Waals surface area (Å²) in [5.74, 6) is -0.275. The van der Waals surface area contributed by atoms with Gasteiger partial charge in [-0.05, 0) is 11.4 Å². The van der Waals surface area contributed by atoms with Crippen LogP contribution in [-0.4, -0.2) is 27.5 Å². The summed E-state index contributed by atoms with van der Waals surface area (Å²) in [6.45, 7) is 0. The Bertz CT molecular complexity index is 626. The SMILES string of the molecule is Nc1cc(N)nc(SCC(=O)NNC(=O)c2cccs2)n1. The molecule has 0 bridgehead atoms. The molecule has 0 aliphatic carbocycles. The van der Waals surface area contributed by atoms with Crippen LogP contribution in [0.15, 0.2) is 28.7 Å². The number of thiophene rings is 1. The lowest BCUT2D eigenvalue weighted by atomic mass is 10.4. The molecule has 0 fully saturated rings. The molecule has 0 radical (unpaired) electrons. The van der Waals surface area contributed by atoms with Crippen molar-refractivity contribution in [2.45, 2.75) is 5.16 Å². The van der Waals surface area contributed by atoms with Crippen LogP contribution in [0.1, 0.15) is 9.67 Å². The molecule has 2 rings (SSSR count). The van der Waals surface area contributed by atoms with Crippen molar-refractivity contribution in [3.8, 4) is 0 Å². The minimum Gasteiger partial charge on any atom is -0.383 e. The van der Waals surface area contributed by atoms with Gasteiger partial charge in [0.25, 0.3) is 5.91 Å². The zero-order valence-corrected chi connectivity index (χ0v) is 12.3. The number of hydrazine groups is 1. The van der Waals surface area contributed by atoms with Crippen molar-refractivity contribution in [1.82, 2.24) is 20.8 Å². The first kappa shape index (κ1) is 15.1. The quantitative estimate of drug-likeness (QED) is 0.359. The third-order valence-electron chi connectivity index (χ3n) is 2.14. The van der Waals surface area contributed by atoms with Crippen LogP contribution >= 0.6 is 23.1 Å². The molecule has 6 N–H and O–H groups in total. The molecule has 2 aromatic heterocycles. The van der Waals surface area contributed by atoms with E-state index in [1.165, 1.54) is 17.4 Å². The Morgan fingerprint density at radius 3 is 2.57 bits per heavy atom. The molecule has 2 heterocycles. The van der Waals surface area contributed by atoms with Crippen LogP contribution in [0.25, 0.3) is 0 Å². The molecule has 2 aromatic rings. The van der Waals surface area contributed by atoms with Crippen LogP contribution in [0.5, 0.6) is 0 Å². The number of aromatic nitrogens is 2. The lowest BCUT2D eigenvalue weighted by Gasteiger charge is -2.06. The van der Waals surface area contributed by atoms with E-state index in [-0.39, 0.29) is 23.3 Å². The summed E-state index contributed by atoms with van der Waals surface area (Å²) < 4.78 is 0. The monoisotopic (exact) mass is 324 g/mol. The van der Waals surface area contributed by atoms with E-state index in [1.54, 1.807) is 17.5 Å². The van der Waals surface area contributed by atoms with Crippen LogP contribution in [0.3, 0.4) is 0 Å². The number of carbonyl (C=O) groups is 2. The van der Waals surface area contributed by atoms with Crippen molar-refractivity contribution < 1.29 is 9.59 Å². The number of nitrogens with two attached hydrogens (primary N) is 2. The first-order chi connectivity index (χ1) is 10.0. The molecule has 0 aliphatic rings. The highest BCUT2D eigenvalue weighted by molar-refractivity contribution is 7.99. The highest BCUT2D eigenvalue weighted by Gasteiger charge is 2.09. The fraction of sp³-hybridized carbons (Fsp3) is 0.0909. The molecule has 0 unspecified atom stereocenters. The minimum absolute atomic E-state index is 0.0214. The third-order valence-corrected chi connectivity index (χ3v) is 3.85. The number of anilines is 2. The molecule has 10 heteroatoms. The minimum atomic E-state index is -0.394. The molecule has 21 heavy (non-hydrogen) atoms. The lowest BCUT2D eigenvalue weighted by Crippen LogP contribution is -2.42. The van der Waals surface area contributed by atoms with E-state index < -0.39 is 5.91 Å². The Kier molecular flexibility index (Phi) is 4.95. The van der Waals surface area contributed by atoms with Gasteiger partial charge in [0.15, 0.2) is 5.16 Å². The van der Waals surface area contributed by atoms with Gasteiger partial charge in [-0.15, -0.1) is 11.3 Å². The van der Waals surface area contributed by atoms with Gasteiger partial charge in [-0.1, -0.05) is 17.8 Å². The number of hydrogen-bond donors (Lipinski definition) is 4. The van der Waals surface area contributed by atoms with Crippen LogP contribution in [0.2, 0.25) is 0 Å². The molecule has 2 amide bonds. The number of amides is 2. The molecule has 0 saturated heterocycles. The van der Waals surface area contributed by atoms with Crippen molar-refractivity contribution >= 4 is 46.5 Å². The summed E-state index contributed by atoms with van der Waals surface area (Å²) in [5, 5.41) is 2.07. The molecule has 0 saturated carbocycles. The predicted octanol–water partition coefficient (Wildman–Crippen LogP) is 0.256. The maximum atomic E-state index is 11.6. The Morgan fingerprint density at radius 2 is 1.95 bits per heavy atom. The van der Waals surface area contributed by atoms with Crippen LogP contribution in [-0.2, 0) is 4.79 Å². The van der Waals surface area contributed by atoms with Crippen molar-refractivity contribution in [2.24, 2.45) is 0 Å². The number of nitrogens with zero attached hydrogens (tertiary/aromatic N) is 2. The Hall–Kier alpha value is -2.33. The highest BCUT2D eigenvalue weighted by atomic mass is 32.2. The fourth-order valence-corrected chi connectivity index (χ4v) is 2.58. The molecule has 0 spiro atoms. The maximum absolute atomic E-state index is 11.6. The number of nitrogen functional groups attached to an aromatic ring is 2. The normalized spacial score (nSPS) is 10.1. The second kappa shape index (κ2) is 6.90. The highest BCUT2D eigenvalue weighted by Crippen LogP contribution is 2.15. The fourth-order valence-electron chi connectivity index (χ4n) is 1.29. The topological polar surface area (TPSA) is 136 Å². The van der Waals surface area contributed by atoms with E-state index >= 15 is 0 Å². The Labute approximate surface area is 128 Å². The Balaban J connectivity index is 1.78. The summed E-state index contributed by atoms with van der Waals surface area (Å²) in [6, 6.07) is 4.83. The molecule has 0 atom stereocenters. The average molecular weight is 324 g/mol. The number of hydrogen-bond acceptors (Lipinski definition) is 8. The van der Waals surface area contributed by atoms with Crippen LogP contribution < -0.4 is 22.3 Å². The van der Waals surface area contributed by atoms with Crippen molar-refractivity contribution in [1.29, 1.82) is 0 Å². The smallest absolute Gasteiger partial charge is 0.279 e. The van der Waals surface area contributed by atoms with E-state index in [0.29, 0.717) is 10.0 Å². The van der Waals surface area contributed by atoms with E-state index in [9.17, 15) is 9.59 Å². The number of carbonyl (C=O) groups excluding carboxylic acids is 2. The summed E-state index contributed by atoms with van der Waals surface area (Å²) in [7, 11) is 0. The number of rotatable bonds is 4. The lowest BCUT2D eigenvalue weighted by molar-refractivity contribution is -0.119. The van der Waals surface area contributed by atoms with Gasteiger partial charge in [0, 0.05) is 6.07 Å². The molecule has 0 aromatic carbocycles. The molecular formula is C11H12N6O2S2. The van der Waals surface area contributed by atoms with Gasteiger partial charge < -0.3 is 11.5 Å². The first-order valence-corrected chi connectivity index (χ1v) is 7.56. The van der Waals surface area contributed by atoms with Gasteiger partial charge in [0.05, 0.1) is 10.6 Å². The maximum Gasteiger partial charge on any atom is 0.279 e. The van der Waals surface area contributed by atoms with Gasteiger partial charge in [-0.2, -0.15) is 0 Å². The van der Waals surface area contributed by atoms with Crippen molar-refractivity contribution in [2.75, 3.05) is 17.2 Å². The average Bonchev–Trinajstić information content (AvgIpc) is 2.95. The van der Waals surface area contributed by atoms with E-state index in [0.717, 1.165) is 11.8 Å². The van der Waals surface area contributed by atoms with Crippen molar-refractivity contribution in [3.63, 3.8) is 0 Å². The zero-order valence-electron chi connectivity index (χ0n) is 10.7. The van der Waals surface area contributed by atoms with E-state index in [1.807, 2.05) is 0 Å². The summed E-state index contributed by atoms with van der Waals surface area (Å²) >= 11 is 2.34. The number of thioether (sulfide) groups is 1.